The quantitative estimate of drug-likeness (QED) is 0.118. The van der Waals surface area contributed by atoms with Gasteiger partial charge in [-0.25, -0.2) is 9.98 Å². The zero-order valence-corrected chi connectivity index (χ0v) is 29.4. The SMILES string of the molecule is Br.Br.c1ccc(N=c2scc(-c3ccccc3)n2CCCCCCn2c(-c3ccccc3)csc2=Nc2ccccc2)cc1. The van der Waals surface area contributed by atoms with Gasteiger partial charge in [0.25, 0.3) is 0 Å². The van der Waals surface area contributed by atoms with Crippen molar-refractivity contribution >= 4 is 68.0 Å². The molecule has 0 aliphatic heterocycles. The molecule has 2 heterocycles. The van der Waals surface area contributed by atoms with E-state index in [1.54, 1.807) is 22.7 Å². The van der Waals surface area contributed by atoms with Gasteiger partial charge in [-0.2, -0.15) is 0 Å². The van der Waals surface area contributed by atoms with Gasteiger partial charge < -0.3 is 9.13 Å². The minimum atomic E-state index is 0. The number of nitrogens with zero attached hydrogens (tertiary/aromatic N) is 4. The summed E-state index contributed by atoms with van der Waals surface area (Å²) >= 11 is 3.44. The molecule has 0 saturated carbocycles. The van der Waals surface area contributed by atoms with Crippen LogP contribution in [-0.4, -0.2) is 9.13 Å². The van der Waals surface area contributed by atoms with E-state index in [1.807, 2.05) is 36.4 Å². The fourth-order valence-corrected chi connectivity index (χ4v) is 6.98. The van der Waals surface area contributed by atoms with E-state index < -0.39 is 0 Å². The normalized spacial score (nSPS) is 11.6. The summed E-state index contributed by atoms with van der Waals surface area (Å²) in [5.41, 5.74) is 6.94. The molecule has 8 heteroatoms. The van der Waals surface area contributed by atoms with Crippen LogP contribution in [-0.2, 0) is 13.1 Å². The number of aromatic nitrogens is 2. The maximum atomic E-state index is 4.99. The number of halogens is 2. The van der Waals surface area contributed by atoms with Crippen molar-refractivity contribution in [3.63, 3.8) is 0 Å². The molecule has 6 rings (SSSR count). The minimum Gasteiger partial charge on any atom is -0.316 e. The zero-order valence-electron chi connectivity index (χ0n) is 24.4. The lowest BCUT2D eigenvalue weighted by Gasteiger charge is -2.11. The Morgan fingerprint density at radius 1 is 0.432 bits per heavy atom. The summed E-state index contributed by atoms with van der Waals surface area (Å²) in [5.74, 6) is 0. The summed E-state index contributed by atoms with van der Waals surface area (Å²) in [7, 11) is 0. The summed E-state index contributed by atoms with van der Waals surface area (Å²) < 4.78 is 4.79. The molecule has 0 spiro atoms. The van der Waals surface area contributed by atoms with Crippen molar-refractivity contribution in [1.29, 1.82) is 0 Å². The van der Waals surface area contributed by atoms with E-state index in [9.17, 15) is 0 Å². The van der Waals surface area contributed by atoms with E-state index >= 15 is 0 Å². The number of unbranched alkanes of at least 4 members (excludes halogenated alkanes) is 3. The Kier molecular flexibility index (Phi) is 13.2. The monoisotopic (exact) mass is 746 g/mol. The first kappa shape index (κ1) is 33.6. The van der Waals surface area contributed by atoms with Crippen molar-refractivity contribution in [3.05, 3.63) is 142 Å². The fourth-order valence-electron chi connectivity index (χ4n) is 5.07. The Labute approximate surface area is 288 Å². The van der Waals surface area contributed by atoms with Crippen LogP contribution in [0.25, 0.3) is 22.5 Å². The van der Waals surface area contributed by atoms with Crippen LogP contribution in [0.3, 0.4) is 0 Å². The van der Waals surface area contributed by atoms with Crippen LogP contribution in [0.5, 0.6) is 0 Å². The number of hydrogen-bond donors (Lipinski definition) is 0. The third kappa shape index (κ3) is 8.66. The van der Waals surface area contributed by atoms with Crippen molar-refractivity contribution in [2.45, 2.75) is 38.8 Å². The predicted molar refractivity (Wildman–Crippen MR) is 198 cm³/mol. The van der Waals surface area contributed by atoms with E-state index in [-0.39, 0.29) is 34.0 Å². The van der Waals surface area contributed by atoms with E-state index in [0.29, 0.717) is 0 Å². The van der Waals surface area contributed by atoms with Gasteiger partial charge in [0.1, 0.15) is 0 Å². The number of thiazole rings is 2. The van der Waals surface area contributed by atoms with Crippen molar-refractivity contribution < 1.29 is 0 Å². The molecule has 0 aliphatic carbocycles. The molecule has 0 radical (unpaired) electrons. The molecule has 0 saturated heterocycles. The molecule has 4 nitrogen and oxygen atoms in total. The van der Waals surface area contributed by atoms with E-state index in [2.05, 4.69) is 105 Å². The number of benzene rings is 4. The summed E-state index contributed by atoms with van der Waals surface area (Å²) in [5, 5.41) is 4.49. The largest absolute Gasteiger partial charge is 0.316 e. The number of rotatable bonds is 11. The molecule has 0 unspecified atom stereocenters. The molecular formula is C36H36Br2N4S2. The predicted octanol–water partition coefficient (Wildman–Crippen LogP) is 10.6. The van der Waals surface area contributed by atoms with Crippen LogP contribution in [0.1, 0.15) is 25.7 Å². The molecule has 0 N–H and O–H groups in total. The van der Waals surface area contributed by atoms with Crippen LogP contribution >= 0.6 is 56.6 Å². The van der Waals surface area contributed by atoms with Gasteiger partial charge in [-0.05, 0) is 48.2 Å². The zero-order chi connectivity index (χ0) is 28.4. The number of hydrogen-bond acceptors (Lipinski definition) is 4. The second kappa shape index (κ2) is 17.3. The maximum absolute atomic E-state index is 4.99. The Bertz CT molecular complexity index is 1690. The molecule has 0 atom stereocenters. The van der Waals surface area contributed by atoms with Gasteiger partial charge in [0.15, 0.2) is 9.60 Å². The van der Waals surface area contributed by atoms with Crippen LogP contribution in [0.4, 0.5) is 11.4 Å². The average Bonchev–Trinajstić information content (AvgIpc) is 3.64. The third-order valence-corrected chi connectivity index (χ3v) is 8.94. The highest BCUT2D eigenvalue weighted by atomic mass is 79.9. The Balaban J connectivity index is 0.00000221. The summed E-state index contributed by atoms with van der Waals surface area (Å²) in [6.07, 6.45) is 4.55. The van der Waals surface area contributed by atoms with Gasteiger partial charge in [0.2, 0.25) is 0 Å². The molecule has 2 aromatic heterocycles. The second-order valence-electron chi connectivity index (χ2n) is 10.2. The molecule has 0 fully saturated rings. The van der Waals surface area contributed by atoms with E-state index in [0.717, 1.165) is 46.9 Å². The van der Waals surface area contributed by atoms with Crippen LogP contribution in [0.2, 0.25) is 0 Å². The highest BCUT2D eigenvalue weighted by Crippen LogP contribution is 2.23. The van der Waals surface area contributed by atoms with E-state index in [4.69, 9.17) is 9.98 Å². The maximum Gasteiger partial charge on any atom is 0.190 e. The molecule has 4 aromatic carbocycles. The lowest BCUT2D eigenvalue weighted by molar-refractivity contribution is 0.535. The van der Waals surface area contributed by atoms with Gasteiger partial charge in [-0.3, -0.25) is 0 Å². The molecule has 226 valence electrons. The van der Waals surface area contributed by atoms with Gasteiger partial charge in [0, 0.05) is 23.8 Å². The van der Waals surface area contributed by atoms with Crippen molar-refractivity contribution in [2.24, 2.45) is 9.98 Å². The lowest BCUT2D eigenvalue weighted by atomic mass is 10.1. The second-order valence-corrected chi connectivity index (χ2v) is 11.8. The first-order chi connectivity index (χ1) is 20.8. The van der Waals surface area contributed by atoms with E-state index in [1.165, 1.54) is 35.4 Å². The summed E-state index contributed by atoms with van der Waals surface area (Å²) in [4.78, 5) is 12.1. The van der Waals surface area contributed by atoms with Gasteiger partial charge >= 0.3 is 0 Å². The highest BCUT2D eigenvalue weighted by Gasteiger charge is 2.10. The van der Waals surface area contributed by atoms with Crippen LogP contribution < -0.4 is 9.60 Å². The average molecular weight is 749 g/mol. The smallest absolute Gasteiger partial charge is 0.190 e. The lowest BCUT2D eigenvalue weighted by Crippen LogP contribution is -2.17. The molecule has 6 aromatic rings. The van der Waals surface area contributed by atoms with Crippen molar-refractivity contribution in [1.82, 2.24) is 9.13 Å². The Hall–Kier alpha value is -3.30. The van der Waals surface area contributed by atoms with Gasteiger partial charge in [0.05, 0.1) is 22.8 Å². The highest BCUT2D eigenvalue weighted by molar-refractivity contribution is 8.93. The molecule has 0 bridgehead atoms. The molecule has 44 heavy (non-hydrogen) atoms. The topological polar surface area (TPSA) is 34.6 Å². The minimum absolute atomic E-state index is 0. The Morgan fingerprint density at radius 3 is 1.14 bits per heavy atom. The van der Waals surface area contributed by atoms with Gasteiger partial charge in [-0.1, -0.05) is 110 Å². The summed E-state index contributed by atoms with van der Waals surface area (Å²) in [6.45, 7) is 1.91. The summed E-state index contributed by atoms with van der Waals surface area (Å²) in [6, 6.07) is 41.8. The van der Waals surface area contributed by atoms with Crippen molar-refractivity contribution in [3.8, 4) is 22.5 Å². The van der Waals surface area contributed by atoms with Crippen LogP contribution in [0, 0.1) is 0 Å². The first-order valence-corrected chi connectivity index (χ1v) is 16.3. The molecule has 0 aliphatic rings. The van der Waals surface area contributed by atoms with Crippen LogP contribution in [0.15, 0.2) is 142 Å². The van der Waals surface area contributed by atoms with Crippen molar-refractivity contribution in [2.75, 3.05) is 0 Å². The first-order valence-electron chi connectivity index (χ1n) is 14.5. The molecule has 0 amide bonds. The fraction of sp³-hybridized carbons (Fsp3) is 0.167. The standard InChI is InChI=1S/C36H34N4S2.2BrH/c1(15-25-39-33(29-17-7-3-8-18-29)27-41-35(39)37-31-21-11-5-12-22-31)2-16-26-40-34(30-19-9-4-10-20-30)28-42-36(40)38-32-23-13-6-14-24-32;;/h3-14,17-24,27-28H,1-2,15-16,25-26H2;2*1H. The number of para-hydroxylation sites is 2. The van der Waals surface area contributed by atoms with Gasteiger partial charge in [-0.15, -0.1) is 56.6 Å². The third-order valence-electron chi connectivity index (χ3n) is 7.21. The molecular weight excluding hydrogens is 712 g/mol. The Morgan fingerprint density at radius 2 is 0.773 bits per heavy atom.